The van der Waals surface area contributed by atoms with E-state index in [2.05, 4.69) is 5.32 Å². The van der Waals surface area contributed by atoms with Crippen LogP contribution < -0.4 is 24.4 Å². The maximum atomic E-state index is 12.5. The van der Waals surface area contributed by atoms with E-state index in [0.29, 0.717) is 37.0 Å². The maximum Gasteiger partial charge on any atom is 0.258 e. The number of ether oxygens (including phenoxy) is 3. The van der Waals surface area contributed by atoms with Crippen LogP contribution in [0.1, 0.15) is 6.42 Å². The smallest absolute Gasteiger partial charge is 0.258 e. The second-order valence-electron chi connectivity index (χ2n) is 7.60. The summed E-state index contributed by atoms with van der Waals surface area (Å²) >= 11 is 0. The van der Waals surface area contributed by atoms with E-state index < -0.39 is 0 Å². The summed E-state index contributed by atoms with van der Waals surface area (Å²) in [6.07, 6.45) is 0.246. The zero-order valence-electron chi connectivity index (χ0n) is 16.9. The molecule has 0 unspecified atom stereocenters. The van der Waals surface area contributed by atoms with E-state index in [4.69, 9.17) is 14.2 Å². The molecule has 1 atom stereocenters. The van der Waals surface area contributed by atoms with Crippen molar-refractivity contribution in [1.82, 2.24) is 5.32 Å². The number of nitrogens with one attached hydrogen (secondary N) is 1. The summed E-state index contributed by atoms with van der Waals surface area (Å²) in [5.74, 6) is 1.65. The topological polar surface area (TPSA) is 77.1 Å². The van der Waals surface area contributed by atoms with E-state index in [1.165, 1.54) is 0 Å². The fourth-order valence-electron chi connectivity index (χ4n) is 3.93. The standard InChI is InChI=1S/C24H22N2O5/c27-23(15-31-20-7-5-16-3-1-2-4-17(16)11-20)25-18-12-24(28)26(14-18)19-6-8-21-22(13-19)30-10-9-29-21/h1-8,11,13,18H,9-10,12,14-15H2,(H,25,27)/t18-/m0/s1. The van der Waals surface area contributed by atoms with Gasteiger partial charge in [-0.3, -0.25) is 9.59 Å². The molecule has 7 heteroatoms. The number of carbonyl (C=O) groups is 2. The molecule has 0 saturated carbocycles. The van der Waals surface area contributed by atoms with Crippen LogP contribution in [0, 0.1) is 0 Å². The van der Waals surface area contributed by atoms with Crippen molar-refractivity contribution in [3.8, 4) is 17.2 Å². The van der Waals surface area contributed by atoms with Crippen LogP contribution in [0.4, 0.5) is 5.69 Å². The van der Waals surface area contributed by atoms with Gasteiger partial charge in [0.2, 0.25) is 5.91 Å². The van der Waals surface area contributed by atoms with Crippen LogP contribution in [0.5, 0.6) is 17.2 Å². The van der Waals surface area contributed by atoms with Crippen molar-refractivity contribution in [2.75, 3.05) is 31.3 Å². The summed E-state index contributed by atoms with van der Waals surface area (Å²) in [5.41, 5.74) is 0.735. The third-order valence-electron chi connectivity index (χ3n) is 5.42. The average molecular weight is 418 g/mol. The minimum absolute atomic E-state index is 0.0441. The Morgan fingerprint density at radius 2 is 1.81 bits per heavy atom. The van der Waals surface area contributed by atoms with E-state index >= 15 is 0 Å². The molecular formula is C24H22N2O5. The van der Waals surface area contributed by atoms with Gasteiger partial charge in [-0.05, 0) is 35.0 Å². The van der Waals surface area contributed by atoms with Crippen molar-refractivity contribution in [1.29, 1.82) is 0 Å². The van der Waals surface area contributed by atoms with Gasteiger partial charge in [-0.1, -0.05) is 30.3 Å². The van der Waals surface area contributed by atoms with E-state index in [1.807, 2.05) is 48.5 Å². The highest BCUT2D eigenvalue weighted by molar-refractivity contribution is 5.97. The molecule has 2 amide bonds. The van der Waals surface area contributed by atoms with Crippen molar-refractivity contribution >= 4 is 28.3 Å². The van der Waals surface area contributed by atoms with E-state index in [-0.39, 0.29) is 30.9 Å². The molecule has 0 bridgehead atoms. The van der Waals surface area contributed by atoms with Crippen molar-refractivity contribution < 1.29 is 23.8 Å². The Hall–Kier alpha value is -3.74. The Balaban J connectivity index is 1.18. The molecule has 0 aromatic heterocycles. The minimum Gasteiger partial charge on any atom is -0.486 e. The molecule has 0 spiro atoms. The van der Waals surface area contributed by atoms with Crippen molar-refractivity contribution in [3.63, 3.8) is 0 Å². The van der Waals surface area contributed by atoms with E-state index in [0.717, 1.165) is 16.5 Å². The molecule has 1 fully saturated rings. The summed E-state index contributed by atoms with van der Waals surface area (Å²) in [6.45, 7) is 1.30. The number of fused-ring (bicyclic) bond motifs is 2. The van der Waals surface area contributed by atoms with Gasteiger partial charge in [-0.15, -0.1) is 0 Å². The lowest BCUT2D eigenvalue weighted by Gasteiger charge is -2.22. The van der Waals surface area contributed by atoms with Gasteiger partial charge in [0.25, 0.3) is 5.91 Å². The minimum atomic E-state index is -0.270. The summed E-state index contributed by atoms with van der Waals surface area (Å²) < 4.78 is 16.8. The third-order valence-corrected chi connectivity index (χ3v) is 5.42. The Kier molecular flexibility index (Phi) is 5.08. The van der Waals surface area contributed by atoms with Gasteiger partial charge in [0.15, 0.2) is 18.1 Å². The van der Waals surface area contributed by atoms with Crippen LogP contribution in [0.3, 0.4) is 0 Å². The lowest BCUT2D eigenvalue weighted by Crippen LogP contribution is -2.39. The van der Waals surface area contributed by atoms with E-state index in [9.17, 15) is 9.59 Å². The summed E-state index contributed by atoms with van der Waals surface area (Å²) in [4.78, 5) is 26.5. The number of anilines is 1. The molecule has 158 valence electrons. The van der Waals surface area contributed by atoms with Gasteiger partial charge >= 0.3 is 0 Å². The monoisotopic (exact) mass is 418 g/mol. The fraction of sp³-hybridized carbons (Fsp3) is 0.250. The molecule has 2 aliphatic heterocycles. The first-order chi connectivity index (χ1) is 15.2. The van der Waals surface area contributed by atoms with Gasteiger partial charge < -0.3 is 24.4 Å². The first kappa shape index (κ1) is 19.2. The van der Waals surface area contributed by atoms with Gasteiger partial charge in [0.05, 0.1) is 6.04 Å². The molecule has 3 aromatic rings. The Labute approximate surface area is 179 Å². The van der Waals surface area contributed by atoms with Gasteiger partial charge in [0, 0.05) is 24.7 Å². The SMILES string of the molecule is O=C(COc1ccc2ccccc2c1)N[C@H]1CC(=O)N(c2ccc3c(c2)OCCO3)C1. The number of carbonyl (C=O) groups excluding carboxylic acids is 2. The van der Waals surface area contributed by atoms with Crippen molar-refractivity contribution in [2.24, 2.45) is 0 Å². The predicted octanol–water partition coefficient (Wildman–Crippen LogP) is 2.91. The Morgan fingerprint density at radius 3 is 2.68 bits per heavy atom. The predicted molar refractivity (Wildman–Crippen MR) is 116 cm³/mol. The highest BCUT2D eigenvalue weighted by atomic mass is 16.6. The van der Waals surface area contributed by atoms with Crippen LogP contribution in [-0.4, -0.2) is 44.2 Å². The zero-order valence-corrected chi connectivity index (χ0v) is 16.9. The summed E-state index contributed by atoms with van der Waals surface area (Å²) in [6, 6.07) is 18.9. The molecule has 7 nitrogen and oxygen atoms in total. The molecule has 5 rings (SSSR count). The highest BCUT2D eigenvalue weighted by Crippen LogP contribution is 2.35. The first-order valence-electron chi connectivity index (χ1n) is 10.3. The number of hydrogen-bond acceptors (Lipinski definition) is 5. The second kappa shape index (κ2) is 8.18. The first-order valence-corrected chi connectivity index (χ1v) is 10.3. The summed E-state index contributed by atoms with van der Waals surface area (Å²) in [7, 11) is 0. The molecular weight excluding hydrogens is 396 g/mol. The normalized spacial score (nSPS) is 17.6. The van der Waals surface area contributed by atoms with Crippen molar-refractivity contribution in [3.05, 3.63) is 60.7 Å². The Morgan fingerprint density at radius 1 is 1.00 bits per heavy atom. The van der Waals surface area contributed by atoms with E-state index in [1.54, 1.807) is 17.0 Å². The molecule has 2 aliphatic rings. The van der Waals surface area contributed by atoms with Gasteiger partial charge in [0.1, 0.15) is 19.0 Å². The molecule has 2 heterocycles. The number of nitrogens with zero attached hydrogens (tertiary/aromatic N) is 1. The molecule has 1 saturated heterocycles. The quantitative estimate of drug-likeness (QED) is 0.690. The van der Waals surface area contributed by atoms with Gasteiger partial charge in [-0.25, -0.2) is 0 Å². The summed E-state index contributed by atoms with van der Waals surface area (Å²) in [5, 5.41) is 5.06. The van der Waals surface area contributed by atoms with Crippen LogP contribution in [0.2, 0.25) is 0 Å². The molecule has 0 aliphatic carbocycles. The number of rotatable bonds is 5. The maximum absolute atomic E-state index is 12.5. The number of amides is 2. The largest absolute Gasteiger partial charge is 0.486 e. The average Bonchev–Trinajstić information content (AvgIpc) is 3.17. The number of benzene rings is 3. The van der Waals surface area contributed by atoms with Crippen LogP contribution in [-0.2, 0) is 9.59 Å². The van der Waals surface area contributed by atoms with Crippen LogP contribution in [0.25, 0.3) is 10.8 Å². The highest BCUT2D eigenvalue weighted by Gasteiger charge is 2.32. The second-order valence-corrected chi connectivity index (χ2v) is 7.60. The zero-order chi connectivity index (χ0) is 21.2. The molecule has 1 N–H and O–H groups in total. The lowest BCUT2D eigenvalue weighted by atomic mass is 10.1. The molecule has 0 radical (unpaired) electrons. The number of hydrogen-bond donors (Lipinski definition) is 1. The van der Waals surface area contributed by atoms with Crippen molar-refractivity contribution in [2.45, 2.75) is 12.5 Å². The third kappa shape index (κ3) is 4.12. The van der Waals surface area contributed by atoms with Crippen LogP contribution >= 0.6 is 0 Å². The Bertz CT molecular complexity index is 1150. The molecule has 3 aromatic carbocycles. The van der Waals surface area contributed by atoms with Crippen LogP contribution in [0.15, 0.2) is 60.7 Å². The molecule has 31 heavy (non-hydrogen) atoms. The van der Waals surface area contributed by atoms with Gasteiger partial charge in [-0.2, -0.15) is 0 Å². The fourth-order valence-corrected chi connectivity index (χ4v) is 3.93. The lowest BCUT2D eigenvalue weighted by molar-refractivity contribution is -0.123.